The van der Waals surface area contributed by atoms with Crippen molar-refractivity contribution in [3.05, 3.63) is 40.4 Å². The van der Waals surface area contributed by atoms with Crippen molar-refractivity contribution >= 4 is 40.5 Å². The van der Waals surface area contributed by atoms with E-state index >= 15 is 0 Å². The molecule has 1 N–H and O–H groups in total. The Balaban J connectivity index is 1.60. The molecule has 0 saturated carbocycles. The maximum atomic E-state index is 11.8. The quantitative estimate of drug-likeness (QED) is 0.860. The summed E-state index contributed by atoms with van der Waals surface area (Å²) in [5.41, 5.74) is 4.10. The molecule has 1 amide bonds. The van der Waals surface area contributed by atoms with E-state index in [4.69, 9.17) is 16.3 Å². The van der Waals surface area contributed by atoms with E-state index in [2.05, 4.69) is 15.5 Å². The third kappa shape index (κ3) is 3.94. The second kappa shape index (κ2) is 6.89. The fourth-order valence-corrected chi connectivity index (χ4v) is 2.88. The predicted octanol–water partition coefficient (Wildman–Crippen LogP) is 2.77. The van der Waals surface area contributed by atoms with Gasteiger partial charge in [0, 0.05) is 28.8 Å². The molecule has 1 aliphatic heterocycles. The van der Waals surface area contributed by atoms with Crippen molar-refractivity contribution in [1.82, 2.24) is 10.4 Å². The van der Waals surface area contributed by atoms with Crippen molar-refractivity contribution in [1.29, 1.82) is 0 Å². The average Bonchev–Trinajstić information content (AvgIpc) is 3.03. The van der Waals surface area contributed by atoms with Crippen molar-refractivity contribution in [3.8, 4) is 10.6 Å². The Kier molecular flexibility index (Phi) is 4.68. The Morgan fingerprint density at radius 1 is 1.30 bits per heavy atom. The van der Waals surface area contributed by atoms with Crippen LogP contribution in [0.4, 0.5) is 0 Å². The number of ether oxygens (including phenoxy) is 1. The van der Waals surface area contributed by atoms with E-state index in [1.165, 1.54) is 11.3 Å². The van der Waals surface area contributed by atoms with Crippen molar-refractivity contribution < 1.29 is 14.3 Å². The van der Waals surface area contributed by atoms with Gasteiger partial charge in [0.05, 0.1) is 5.69 Å². The van der Waals surface area contributed by atoms with Crippen LogP contribution in [0, 0.1) is 0 Å². The molecule has 6 nitrogen and oxygen atoms in total. The number of aromatic nitrogens is 1. The number of halogens is 1. The van der Waals surface area contributed by atoms with Crippen LogP contribution in [0.5, 0.6) is 0 Å². The first-order valence-electron chi connectivity index (χ1n) is 6.84. The van der Waals surface area contributed by atoms with Crippen molar-refractivity contribution in [2.75, 3.05) is 0 Å². The lowest BCUT2D eigenvalue weighted by atomic mass is 10.2. The molecule has 8 heteroatoms. The van der Waals surface area contributed by atoms with E-state index in [9.17, 15) is 9.59 Å². The number of carbonyl (C=O) groups is 2. The number of esters is 1. The van der Waals surface area contributed by atoms with Crippen LogP contribution < -0.4 is 5.43 Å². The number of thiazole rings is 1. The number of amides is 1. The van der Waals surface area contributed by atoms with Crippen LogP contribution in [0.2, 0.25) is 5.02 Å². The molecule has 0 fully saturated rings. The molecule has 118 valence electrons. The van der Waals surface area contributed by atoms with Gasteiger partial charge in [0.1, 0.15) is 17.3 Å². The molecule has 0 spiro atoms. The summed E-state index contributed by atoms with van der Waals surface area (Å²) >= 11 is 7.32. The van der Waals surface area contributed by atoms with Crippen LogP contribution in [0.3, 0.4) is 0 Å². The number of nitrogens with one attached hydrogen (secondary N) is 1. The zero-order chi connectivity index (χ0) is 16.2. The summed E-state index contributed by atoms with van der Waals surface area (Å²) in [6.45, 7) is 0.0654. The van der Waals surface area contributed by atoms with Gasteiger partial charge in [0.25, 0.3) is 0 Å². The third-order valence-electron chi connectivity index (χ3n) is 3.13. The number of hydrazone groups is 1. The molecule has 0 aliphatic carbocycles. The van der Waals surface area contributed by atoms with Crippen LogP contribution in [0.15, 0.2) is 34.7 Å². The average molecular weight is 350 g/mol. The van der Waals surface area contributed by atoms with Gasteiger partial charge in [-0.25, -0.2) is 15.2 Å². The van der Waals surface area contributed by atoms with Gasteiger partial charge in [-0.2, -0.15) is 5.10 Å². The Bertz CT molecular complexity index is 771. The second-order valence-electron chi connectivity index (χ2n) is 4.82. The van der Waals surface area contributed by atoms with Crippen LogP contribution >= 0.6 is 22.9 Å². The van der Waals surface area contributed by atoms with E-state index in [-0.39, 0.29) is 31.1 Å². The van der Waals surface area contributed by atoms with Gasteiger partial charge in [0.15, 0.2) is 0 Å². The van der Waals surface area contributed by atoms with Gasteiger partial charge in [0.2, 0.25) is 5.91 Å². The standard InChI is InChI=1S/C15H12ClN3O3S/c16-10-3-1-9(2-4-10)14-17-11(8-23-14)7-22-15(21)12-5-6-13(20)19-18-12/h1-4,8H,5-7H2,(H,19,20). The fourth-order valence-electron chi connectivity index (χ4n) is 1.94. The largest absolute Gasteiger partial charge is 0.455 e. The van der Waals surface area contributed by atoms with E-state index in [1.807, 2.05) is 17.5 Å². The molecule has 2 aromatic rings. The van der Waals surface area contributed by atoms with Gasteiger partial charge in [-0.15, -0.1) is 11.3 Å². The number of nitrogens with zero attached hydrogens (tertiary/aromatic N) is 2. The molecule has 2 heterocycles. The van der Waals surface area contributed by atoms with E-state index < -0.39 is 5.97 Å². The molecule has 0 unspecified atom stereocenters. The highest BCUT2D eigenvalue weighted by atomic mass is 35.5. The topological polar surface area (TPSA) is 80.7 Å². The minimum Gasteiger partial charge on any atom is -0.455 e. The molecule has 3 rings (SSSR count). The Hall–Kier alpha value is -2.25. The zero-order valence-electron chi connectivity index (χ0n) is 11.9. The van der Waals surface area contributed by atoms with Crippen LogP contribution in [0.1, 0.15) is 18.5 Å². The molecule has 0 atom stereocenters. The van der Waals surface area contributed by atoms with E-state index in [1.54, 1.807) is 12.1 Å². The molecule has 0 bridgehead atoms. The molecular formula is C15H12ClN3O3S. The number of hydrogen-bond donors (Lipinski definition) is 1. The summed E-state index contributed by atoms with van der Waals surface area (Å²) in [5.74, 6) is -0.736. The minimum absolute atomic E-state index is 0.0654. The van der Waals surface area contributed by atoms with Crippen molar-refractivity contribution in [2.45, 2.75) is 19.4 Å². The van der Waals surface area contributed by atoms with Crippen molar-refractivity contribution in [3.63, 3.8) is 0 Å². The monoisotopic (exact) mass is 349 g/mol. The number of rotatable bonds is 4. The summed E-state index contributed by atoms with van der Waals surface area (Å²) in [6.07, 6.45) is 0.531. The summed E-state index contributed by atoms with van der Waals surface area (Å²) in [7, 11) is 0. The first kappa shape index (κ1) is 15.6. The highest BCUT2D eigenvalue weighted by molar-refractivity contribution is 7.13. The van der Waals surface area contributed by atoms with Crippen LogP contribution in [-0.2, 0) is 20.9 Å². The maximum Gasteiger partial charge on any atom is 0.354 e. The molecule has 1 aromatic carbocycles. The lowest BCUT2D eigenvalue weighted by Crippen LogP contribution is -2.30. The Labute approximate surface area is 141 Å². The lowest BCUT2D eigenvalue weighted by molar-refractivity contribution is -0.137. The van der Waals surface area contributed by atoms with E-state index in [0.717, 1.165) is 10.6 Å². The summed E-state index contributed by atoms with van der Waals surface area (Å²) < 4.78 is 5.17. The van der Waals surface area contributed by atoms with Gasteiger partial charge in [-0.1, -0.05) is 23.7 Å². The maximum absolute atomic E-state index is 11.8. The molecular weight excluding hydrogens is 338 g/mol. The highest BCUT2D eigenvalue weighted by Crippen LogP contribution is 2.25. The molecule has 0 saturated heterocycles. The second-order valence-corrected chi connectivity index (χ2v) is 6.12. The lowest BCUT2D eigenvalue weighted by Gasteiger charge is -2.10. The summed E-state index contributed by atoms with van der Waals surface area (Å²) in [6, 6.07) is 7.37. The van der Waals surface area contributed by atoms with Gasteiger partial charge in [-0.05, 0) is 12.1 Å². The third-order valence-corrected chi connectivity index (χ3v) is 4.33. The van der Waals surface area contributed by atoms with Crippen LogP contribution in [-0.4, -0.2) is 22.6 Å². The SMILES string of the molecule is O=C1CCC(C(=O)OCc2csc(-c3ccc(Cl)cc3)n2)=NN1. The Morgan fingerprint density at radius 2 is 2.09 bits per heavy atom. The van der Waals surface area contributed by atoms with Gasteiger partial charge >= 0.3 is 5.97 Å². The van der Waals surface area contributed by atoms with Crippen LogP contribution in [0.25, 0.3) is 10.6 Å². The summed E-state index contributed by atoms with van der Waals surface area (Å²) in [5, 5.41) is 7.03. The van der Waals surface area contributed by atoms with E-state index in [0.29, 0.717) is 10.7 Å². The zero-order valence-corrected chi connectivity index (χ0v) is 13.5. The normalized spacial score (nSPS) is 14.1. The molecule has 23 heavy (non-hydrogen) atoms. The fraction of sp³-hybridized carbons (Fsp3) is 0.200. The van der Waals surface area contributed by atoms with Gasteiger partial charge < -0.3 is 4.74 Å². The predicted molar refractivity (Wildman–Crippen MR) is 87.2 cm³/mol. The van der Waals surface area contributed by atoms with Crippen molar-refractivity contribution in [2.24, 2.45) is 5.10 Å². The number of carbonyl (C=O) groups excluding carboxylic acids is 2. The minimum atomic E-state index is -0.536. The molecule has 1 aliphatic rings. The Morgan fingerprint density at radius 3 is 2.78 bits per heavy atom. The first-order chi connectivity index (χ1) is 11.1. The number of benzene rings is 1. The molecule has 0 radical (unpaired) electrons. The number of hydrogen-bond acceptors (Lipinski definition) is 6. The summed E-state index contributed by atoms with van der Waals surface area (Å²) in [4.78, 5) is 27.3. The van der Waals surface area contributed by atoms with Gasteiger partial charge in [-0.3, -0.25) is 4.79 Å². The highest BCUT2D eigenvalue weighted by Gasteiger charge is 2.19. The molecule has 1 aromatic heterocycles. The first-order valence-corrected chi connectivity index (χ1v) is 8.10. The smallest absolute Gasteiger partial charge is 0.354 e.